The minimum atomic E-state index is -0.714. The number of ether oxygens (including phenoxy) is 1. The van der Waals surface area contributed by atoms with Crippen molar-refractivity contribution in [2.45, 2.75) is 20.3 Å². The van der Waals surface area contributed by atoms with Crippen LogP contribution in [0.5, 0.6) is 5.75 Å². The zero-order valence-corrected chi connectivity index (χ0v) is 24.1. The number of amides is 3. The molecule has 2 aliphatic heterocycles. The molecule has 0 radical (unpaired) electrons. The number of benzene rings is 3. The van der Waals surface area contributed by atoms with E-state index in [2.05, 4.69) is 0 Å². The summed E-state index contributed by atoms with van der Waals surface area (Å²) in [5, 5.41) is -0.0657. The molecule has 39 heavy (non-hydrogen) atoms. The number of carbonyl (C=O) groups excluding carboxylic acids is 4. The van der Waals surface area contributed by atoms with Crippen molar-refractivity contribution in [1.29, 1.82) is 0 Å². The van der Waals surface area contributed by atoms with Gasteiger partial charge in [-0.25, -0.2) is 4.90 Å². The van der Waals surface area contributed by atoms with E-state index in [1.54, 1.807) is 25.1 Å². The van der Waals surface area contributed by atoms with Crippen LogP contribution in [0.4, 0.5) is 11.4 Å². The molecule has 7 nitrogen and oxygen atoms in total. The van der Waals surface area contributed by atoms with Gasteiger partial charge in [-0.2, -0.15) is 0 Å². The van der Waals surface area contributed by atoms with Gasteiger partial charge in [0.1, 0.15) is 5.75 Å². The van der Waals surface area contributed by atoms with Gasteiger partial charge in [-0.1, -0.05) is 64.1 Å². The van der Waals surface area contributed by atoms with Crippen LogP contribution in [0.2, 0.25) is 25.1 Å². The van der Waals surface area contributed by atoms with Gasteiger partial charge in [-0.15, -0.1) is 0 Å². The molecule has 3 amide bonds. The third-order valence-corrected chi connectivity index (χ3v) is 8.86. The topological polar surface area (TPSA) is 84.0 Å². The molecule has 1 fully saturated rings. The lowest BCUT2D eigenvalue weighted by Gasteiger charge is -2.18. The number of imide groups is 1. The van der Waals surface area contributed by atoms with Gasteiger partial charge in [0.15, 0.2) is 0 Å². The molecule has 12 heteroatoms. The molecule has 0 spiro atoms. The summed E-state index contributed by atoms with van der Waals surface area (Å²) in [6, 6.07) is 9.68. The lowest BCUT2D eigenvalue weighted by molar-refractivity contribution is -0.139. The predicted octanol–water partition coefficient (Wildman–Crippen LogP) is 7.33. The van der Waals surface area contributed by atoms with Crippen LogP contribution >= 0.6 is 58.0 Å². The highest BCUT2D eigenvalue weighted by molar-refractivity contribution is 6.56. The Balaban J connectivity index is 1.34. The Labute approximate surface area is 248 Å². The van der Waals surface area contributed by atoms with Crippen LogP contribution in [0.3, 0.4) is 0 Å². The largest absolute Gasteiger partial charge is 0.426 e. The van der Waals surface area contributed by atoms with Crippen LogP contribution in [0.15, 0.2) is 36.4 Å². The molecule has 0 unspecified atom stereocenters. The van der Waals surface area contributed by atoms with E-state index in [9.17, 15) is 19.2 Å². The van der Waals surface area contributed by atoms with Crippen molar-refractivity contribution in [2.75, 3.05) is 16.3 Å². The van der Waals surface area contributed by atoms with Crippen molar-refractivity contribution in [3.8, 4) is 5.75 Å². The summed E-state index contributed by atoms with van der Waals surface area (Å²) in [6.07, 6.45) is -0.0108. The van der Waals surface area contributed by atoms with Crippen LogP contribution < -0.4 is 14.5 Å². The van der Waals surface area contributed by atoms with Gasteiger partial charge in [0.2, 0.25) is 5.91 Å². The van der Waals surface area contributed by atoms with E-state index >= 15 is 0 Å². The minimum Gasteiger partial charge on any atom is -0.426 e. The number of aryl methyl sites for hydroxylation is 2. The number of halogens is 5. The molecule has 0 bridgehead atoms. The maximum atomic E-state index is 13.2. The van der Waals surface area contributed by atoms with Crippen molar-refractivity contribution < 1.29 is 23.9 Å². The van der Waals surface area contributed by atoms with Crippen molar-refractivity contribution in [3.63, 3.8) is 0 Å². The number of carbonyl (C=O) groups is 4. The van der Waals surface area contributed by atoms with Gasteiger partial charge in [-0.05, 0) is 55.3 Å². The Bertz CT molecular complexity index is 1580. The first-order valence-corrected chi connectivity index (χ1v) is 13.4. The first kappa shape index (κ1) is 27.7. The summed E-state index contributed by atoms with van der Waals surface area (Å²) in [5.74, 6) is -2.73. The lowest BCUT2D eigenvalue weighted by atomic mass is 10.1. The Morgan fingerprint density at radius 2 is 1.44 bits per heavy atom. The highest BCUT2D eigenvalue weighted by Crippen LogP contribution is 2.46. The number of fused-ring (bicyclic) bond motifs is 1. The number of esters is 1. The molecular weight excluding hydrogens is 610 g/mol. The smallest absolute Gasteiger partial charge is 0.316 e. The van der Waals surface area contributed by atoms with Crippen LogP contribution in [0.1, 0.15) is 38.3 Å². The first-order valence-electron chi connectivity index (χ1n) is 11.5. The Morgan fingerprint density at radius 1 is 0.821 bits per heavy atom. The molecule has 1 saturated heterocycles. The van der Waals surface area contributed by atoms with Gasteiger partial charge < -0.3 is 9.64 Å². The van der Waals surface area contributed by atoms with E-state index in [1.807, 2.05) is 6.92 Å². The maximum Gasteiger partial charge on any atom is 0.316 e. The summed E-state index contributed by atoms with van der Waals surface area (Å²) in [4.78, 5) is 54.3. The fourth-order valence-corrected chi connectivity index (χ4v) is 5.76. The molecular formula is C27H17Cl5N2O5. The van der Waals surface area contributed by atoms with E-state index in [0.29, 0.717) is 16.3 Å². The average Bonchev–Trinajstić information content (AvgIpc) is 3.40. The second-order valence-electron chi connectivity index (χ2n) is 9.16. The highest BCUT2D eigenvalue weighted by Gasteiger charge is 2.43. The number of nitrogens with zero attached hydrogens (tertiary/aromatic N) is 2. The molecule has 5 rings (SSSR count). The van der Waals surface area contributed by atoms with Crippen LogP contribution in [0.25, 0.3) is 0 Å². The van der Waals surface area contributed by atoms with Crippen molar-refractivity contribution in [1.82, 2.24) is 0 Å². The average molecular weight is 627 g/mol. The number of anilines is 2. The third kappa shape index (κ3) is 4.66. The second-order valence-corrected chi connectivity index (χ2v) is 11.1. The van der Waals surface area contributed by atoms with Crippen molar-refractivity contribution >= 4 is 93.1 Å². The molecule has 1 atom stereocenters. The second kappa shape index (κ2) is 10.3. The van der Waals surface area contributed by atoms with Gasteiger partial charge in [0, 0.05) is 23.7 Å². The summed E-state index contributed by atoms with van der Waals surface area (Å²) in [5.41, 5.74) is 1.90. The zero-order valence-electron chi connectivity index (χ0n) is 20.3. The molecule has 2 aliphatic rings. The maximum absolute atomic E-state index is 13.2. The Hall–Kier alpha value is -2.81. The Morgan fingerprint density at radius 3 is 2.00 bits per heavy atom. The molecule has 2 heterocycles. The van der Waals surface area contributed by atoms with Crippen molar-refractivity contribution in [2.24, 2.45) is 5.92 Å². The zero-order chi connectivity index (χ0) is 28.3. The first-order chi connectivity index (χ1) is 18.4. The van der Waals surface area contributed by atoms with Crippen LogP contribution in [-0.4, -0.2) is 30.2 Å². The van der Waals surface area contributed by atoms with Gasteiger partial charge >= 0.3 is 5.97 Å². The van der Waals surface area contributed by atoms with E-state index < -0.39 is 23.7 Å². The molecule has 0 saturated carbocycles. The summed E-state index contributed by atoms with van der Waals surface area (Å²) < 4.78 is 5.55. The van der Waals surface area contributed by atoms with Gasteiger partial charge in [-0.3, -0.25) is 19.2 Å². The van der Waals surface area contributed by atoms with Gasteiger partial charge in [0.05, 0.1) is 42.8 Å². The van der Waals surface area contributed by atoms with Crippen LogP contribution in [0, 0.1) is 19.8 Å². The van der Waals surface area contributed by atoms with Gasteiger partial charge in [0.25, 0.3) is 11.8 Å². The summed E-state index contributed by atoms with van der Waals surface area (Å²) in [6.45, 7) is 3.65. The molecule has 0 aromatic heterocycles. The molecule has 3 aromatic rings. The fraction of sp³-hybridized carbons (Fsp3) is 0.185. The predicted molar refractivity (Wildman–Crippen MR) is 151 cm³/mol. The fourth-order valence-electron chi connectivity index (χ4n) is 4.57. The van der Waals surface area contributed by atoms with E-state index in [-0.39, 0.29) is 61.5 Å². The molecule has 3 aromatic carbocycles. The van der Waals surface area contributed by atoms with E-state index in [4.69, 9.17) is 62.7 Å². The third-order valence-electron chi connectivity index (χ3n) is 6.65. The molecule has 200 valence electrons. The monoisotopic (exact) mass is 624 g/mol. The Kier molecular flexibility index (Phi) is 7.33. The van der Waals surface area contributed by atoms with E-state index in [1.165, 1.54) is 23.1 Å². The standard InChI is InChI=1S/C27H17Cl5N2O5/c1-11-3-4-14(9-16(11)28)33-10-13(8-18(33)35)27(38)39-15-5-6-17(12(2)7-15)34-25(36)19-20(26(34)37)22(30)24(32)23(31)21(19)29/h3-7,9,13H,8,10H2,1-2H3/t13-/m0/s1. The normalized spacial score (nSPS) is 16.8. The number of hydrogen-bond donors (Lipinski definition) is 0. The van der Waals surface area contributed by atoms with Crippen molar-refractivity contribution in [3.05, 3.63) is 83.8 Å². The minimum absolute atomic E-state index is 0.0108. The highest BCUT2D eigenvalue weighted by atomic mass is 35.5. The SMILES string of the molecule is Cc1ccc(N2C[C@@H](C(=O)Oc3ccc(N4C(=O)c5c(Cl)c(Cl)c(Cl)c(Cl)c5C4=O)c(C)c3)CC2=O)cc1Cl. The number of hydrogen-bond acceptors (Lipinski definition) is 5. The summed E-state index contributed by atoms with van der Waals surface area (Å²) in [7, 11) is 0. The quantitative estimate of drug-likeness (QED) is 0.0996. The van der Waals surface area contributed by atoms with E-state index in [0.717, 1.165) is 10.5 Å². The molecule has 0 aliphatic carbocycles. The van der Waals surface area contributed by atoms with Crippen LogP contribution in [-0.2, 0) is 9.59 Å². The molecule has 0 N–H and O–H groups in total. The number of rotatable bonds is 4. The summed E-state index contributed by atoms with van der Waals surface area (Å²) >= 11 is 30.8. The lowest BCUT2D eigenvalue weighted by Crippen LogP contribution is -2.30.